The van der Waals surface area contributed by atoms with Crippen molar-refractivity contribution in [3.05, 3.63) is 59.2 Å². The number of aromatic nitrogens is 3. The molecule has 0 spiro atoms. The average Bonchev–Trinajstić information content (AvgIpc) is 3.35. The van der Waals surface area contributed by atoms with Crippen molar-refractivity contribution in [3.8, 4) is 38.7 Å². The zero-order chi connectivity index (χ0) is 22.3. The van der Waals surface area contributed by atoms with Crippen LogP contribution in [-0.4, -0.2) is 33.0 Å². The minimum absolute atomic E-state index is 0.0930. The van der Waals surface area contributed by atoms with Gasteiger partial charge in [-0.05, 0) is 24.3 Å². The third kappa shape index (κ3) is 3.40. The number of thiazole rings is 1. The van der Waals surface area contributed by atoms with E-state index in [1.807, 2.05) is 0 Å². The Balaban J connectivity index is 2.12. The van der Waals surface area contributed by atoms with Crippen LogP contribution in [0.25, 0.3) is 33.0 Å². The summed E-state index contributed by atoms with van der Waals surface area (Å²) in [4.78, 5) is 15.8. The summed E-state index contributed by atoms with van der Waals surface area (Å²) in [6.07, 6.45) is 1.61. The number of aromatic carboxylic acids is 1. The fourth-order valence-electron chi connectivity index (χ4n) is 3.47. The first kappa shape index (κ1) is 20.5. The van der Waals surface area contributed by atoms with Crippen LogP contribution in [0, 0.1) is 11.6 Å². The minimum Gasteiger partial charge on any atom is -0.495 e. The van der Waals surface area contributed by atoms with Gasteiger partial charge in [-0.3, -0.25) is 4.68 Å². The highest BCUT2D eigenvalue weighted by atomic mass is 32.1. The number of benzene rings is 2. The third-order valence-electron chi connectivity index (χ3n) is 4.75. The van der Waals surface area contributed by atoms with Gasteiger partial charge in [-0.25, -0.2) is 18.6 Å². The van der Waals surface area contributed by atoms with Gasteiger partial charge in [-0.15, -0.1) is 11.3 Å². The van der Waals surface area contributed by atoms with E-state index in [9.17, 15) is 18.7 Å². The van der Waals surface area contributed by atoms with Gasteiger partial charge in [0, 0.05) is 35.3 Å². The number of nitrogens with zero attached hydrogens (tertiary/aromatic N) is 3. The zero-order valence-corrected chi connectivity index (χ0v) is 17.2. The standard InChI is InChI=1S/C21H16F2N4O3S/c1-27-18(16(24)17(26-27)21(28)29)12-9-10(20-25-6-7-31-20)8-11(19(12)30-2)15-13(22)4-3-5-14(15)23/h3-9H,24H2,1-2H3,(H,28,29). The molecule has 158 valence electrons. The summed E-state index contributed by atoms with van der Waals surface area (Å²) in [5.74, 6) is -2.72. The number of methoxy groups -OCH3 is 1. The van der Waals surface area contributed by atoms with Crippen LogP contribution in [0.2, 0.25) is 0 Å². The summed E-state index contributed by atoms with van der Waals surface area (Å²) in [7, 11) is 2.88. The average molecular weight is 442 g/mol. The number of hydrogen-bond donors (Lipinski definition) is 2. The lowest BCUT2D eigenvalue weighted by Gasteiger charge is -2.17. The van der Waals surface area contributed by atoms with Gasteiger partial charge < -0.3 is 15.6 Å². The van der Waals surface area contributed by atoms with Crippen LogP contribution >= 0.6 is 11.3 Å². The van der Waals surface area contributed by atoms with E-state index >= 15 is 0 Å². The van der Waals surface area contributed by atoms with Crippen molar-refractivity contribution in [2.75, 3.05) is 12.8 Å². The van der Waals surface area contributed by atoms with E-state index in [0.717, 1.165) is 12.1 Å². The molecular formula is C21H16F2N4O3S. The summed E-state index contributed by atoms with van der Waals surface area (Å²) in [5.41, 5.74) is 6.65. The predicted octanol–water partition coefficient (Wildman–Crippen LogP) is 4.44. The van der Waals surface area contributed by atoms with Gasteiger partial charge in [0.15, 0.2) is 5.69 Å². The van der Waals surface area contributed by atoms with Crippen molar-refractivity contribution in [3.63, 3.8) is 0 Å². The predicted molar refractivity (Wildman–Crippen MR) is 113 cm³/mol. The number of ether oxygens (including phenoxy) is 1. The van der Waals surface area contributed by atoms with Crippen molar-refractivity contribution < 1.29 is 23.4 Å². The van der Waals surface area contributed by atoms with Crippen LogP contribution in [0.3, 0.4) is 0 Å². The molecule has 31 heavy (non-hydrogen) atoms. The fourth-order valence-corrected chi connectivity index (χ4v) is 4.10. The minimum atomic E-state index is -1.30. The smallest absolute Gasteiger partial charge is 0.358 e. The highest BCUT2D eigenvalue weighted by molar-refractivity contribution is 7.13. The molecule has 0 bridgehead atoms. The van der Waals surface area contributed by atoms with Crippen molar-refractivity contribution in [1.29, 1.82) is 0 Å². The number of nitrogen functional groups attached to an aromatic ring is 1. The second kappa shape index (κ2) is 7.80. The number of halogens is 2. The summed E-state index contributed by atoms with van der Waals surface area (Å²) in [6, 6.07) is 6.82. The molecule has 0 aliphatic carbocycles. The molecule has 0 aliphatic heterocycles. The lowest BCUT2D eigenvalue weighted by molar-refractivity contribution is 0.0690. The molecule has 0 saturated heterocycles. The van der Waals surface area contributed by atoms with Crippen molar-refractivity contribution in [2.45, 2.75) is 0 Å². The highest BCUT2D eigenvalue weighted by Gasteiger charge is 2.27. The maximum atomic E-state index is 14.7. The SMILES string of the molecule is COc1c(-c2c(F)cccc2F)cc(-c2nccs2)cc1-c1c(N)c(C(=O)O)nn1C. The molecule has 7 nitrogen and oxygen atoms in total. The van der Waals surface area contributed by atoms with Crippen molar-refractivity contribution >= 4 is 23.0 Å². The second-order valence-electron chi connectivity index (χ2n) is 6.58. The maximum absolute atomic E-state index is 14.7. The third-order valence-corrected chi connectivity index (χ3v) is 5.57. The quantitative estimate of drug-likeness (QED) is 0.474. The van der Waals surface area contributed by atoms with Gasteiger partial charge in [0.05, 0.1) is 24.1 Å². The Kier molecular flexibility index (Phi) is 5.15. The largest absolute Gasteiger partial charge is 0.495 e. The van der Waals surface area contributed by atoms with Crippen LogP contribution in [0.15, 0.2) is 41.9 Å². The molecule has 0 amide bonds. The number of anilines is 1. The molecule has 0 aliphatic rings. The normalized spacial score (nSPS) is 11.0. The Morgan fingerprint density at radius 3 is 2.45 bits per heavy atom. The van der Waals surface area contributed by atoms with E-state index in [0.29, 0.717) is 16.1 Å². The molecule has 2 heterocycles. The van der Waals surface area contributed by atoms with E-state index in [1.54, 1.807) is 23.7 Å². The van der Waals surface area contributed by atoms with Crippen molar-refractivity contribution in [2.24, 2.45) is 7.05 Å². The topological polar surface area (TPSA) is 103 Å². The van der Waals surface area contributed by atoms with Crippen LogP contribution in [0.5, 0.6) is 5.75 Å². The monoisotopic (exact) mass is 442 g/mol. The Bertz CT molecular complexity index is 1280. The van der Waals surface area contributed by atoms with Gasteiger partial charge in [-0.2, -0.15) is 5.10 Å². The summed E-state index contributed by atoms with van der Waals surface area (Å²) in [6.45, 7) is 0. The van der Waals surface area contributed by atoms with Crippen molar-refractivity contribution in [1.82, 2.24) is 14.8 Å². The summed E-state index contributed by atoms with van der Waals surface area (Å²) in [5, 5.41) is 15.7. The van der Waals surface area contributed by atoms with Gasteiger partial charge in [0.2, 0.25) is 0 Å². The van der Waals surface area contributed by atoms with E-state index in [4.69, 9.17) is 10.5 Å². The number of carboxylic acid groups (broad SMARTS) is 1. The molecule has 2 aromatic heterocycles. The van der Waals surface area contributed by atoms with Crippen LogP contribution in [0.1, 0.15) is 10.5 Å². The first-order valence-corrected chi connectivity index (χ1v) is 9.83. The number of carboxylic acids is 1. The van der Waals surface area contributed by atoms with E-state index in [-0.39, 0.29) is 34.0 Å². The molecule has 0 saturated carbocycles. The number of nitrogens with two attached hydrogens (primary N) is 1. The molecule has 10 heteroatoms. The van der Waals surface area contributed by atoms with Crippen LogP contribution in [0.4, 0.5) is 14.5 Å². The van der Waals surface area contributed by atoms with Crippen LogP contribution in [-0.2, 0) is 7.05 Å². The van der Waals surface area contributed by atoms with Gasteiger partial charge in [0.1, 0.15) is 22.4 Å². The molecular weight excluding hydrogens is 426 g/mol. The van der Waals surface area contributed by atoms with E-state index in [1.165, 1.54) is 36.2 Å². The number of aryl methyl sites for hydroxylation is 1. The lowest BCUT2D eigenvalue weighted by Crippen LogP contribution is -2.02. The number of carbonyl (C=O) groups is 1. The lowest BCUT2D eigenvalue weighted by atomic mass is 9.95. The number of rotatable bonds is 5. The molecule has 4 rings (SSSR count). The molecule has 0 atom stereocenters. The molecule has 4 aromatic rings. The van der Waals surface area contributed by atoms with Crippen LogP contribution < -0.4 is 10.5 Å². The zero-order valence-electron chi connectivity index (χ0n) is 16.4. The van der Waals surface area contributed by atoms with E-state index in [2.05, 4.69) is 10.1 Å². The summed E-state index contributed by atoms with van der Waals surface area (Å²) < 4.78 is 36.2. The fraction of sp³-hybridized carbons (Fsp3) is 0.0952. The molecule has 0 radical (unpaired) electrons. The van der Waals surface area contributed by atoms with Gasteiger partial charge >= 0.3 is 5.97 Å². The van der Waals surface area contributed by atoms with Gasteiger partial charge in [-0.1, -0.05) is 6.07 Å². The Labute approximate surface area is 179 Å². The first-order valence-electron chi connectivity index (χ1n) is 8.95. The molecule has 3 N–H and O–H groups in total. The Morgan fingerprint density at radius 2 is 1.90 bits per heavy atom. The second-order valence-corrected chi connectivity index (χ2v) is 7.47. The first-order chi connectivity index (χ1) is 14.8. The Morgan fingerprint density at radius 1 is 1.23 bits per heavy atom. The highest BCUT2D eigenvalue weighted by Crippen LogP contribution is 2.45. The Hall–Kier alpha value is -3.79. The molecule has 2 aromatic carbocycles. The summed E-state index contributed by atoms with van der Waals surface area (Å²) >= 11 is 1.34. The van der Waals surface area contributed by atoms with Gasteiger partial charge in [0.25, 0.3) is 0 Å². The molecule has 0 unspecified atom stereocenters. The number of hydrogen-bond acceptors (Lipinski definition) is 6. The van der Waals surface area contributed by atoms with E-state index < -0.39 is 17.6 Å². The molecule has 0 fully saturated rings. The maximum Gasteiger partial charge on any atom is 0.358 e.